The van der Waals surface area contributed by atoms with Crippen LogP contribution in [0.1, 0.15) is 39.5 Å². The highest BCUT2D eigenvalue weighted by molar-refractivity contribution is 7.51. The fourth-order valence-electron chi connectivity index (χ4n) is 1.78. The number of unbranched alkanes of at least 4 members (excludes halogenated alkanes) is 2. The monoisotopic (exact) mass is 277 g/mol. The van der Waals surface area contributed by atoms with Crippen molar-refractivity contribution in [3.05, 3.63) is 12.2 Å². The summed E-state index contributed by atoms with van der Waals surface area (Å²) in [5.74, 6) is -0.259. The molecule has 0 aromatic heterocycles. The van der Waals surface area contributed by atoms with Gasteiger partial charge in [0.1, 0.15) is 0 Å². The van der Waals surface area contributed by atoms with Gasteiger partial charge in [-0.3, -0.25) is 9.36 Å². The van der Waals surface area contributed by atoms with Crippen molar-refractivity contribution >= 4 is 13.5 Å². The van der Waals surface area contributed by atoms with Crippen LogP contribution in [0.25, 0.3) is 0 Å². The molecular weight excluding hydrogens is 253 g/mol. The van der Waals surface area contributed by atoms with Gasteiger partial charge in [0.15, 0.2) is 0 Å². The fourth-order valence-corrected chi connectivity index (χ4v) is 2.76. The Morgan fingerprint density at radius 3 is 2.33 bits per heavy atom. The SMILES string of the molecule is C=C(C)C(=O)N(C)C(CCCCC)CP(=O)(O)O. The largest absolute Gasteiger partial charge is 0.338 e. The Balaban J connectivity index is 4.68. The summed E-state index contributed by atoms with van der Waals surface area (Å²) in [5.41, 5.74) is 0.378. The van der Waals surface area contributed by atoms with E-state index in [2.05, 4.69) is 13.5 Å². The van der Waals surface area contributed by atoms with Gasteiger partial charge in [-0.15, -0.1) is 0 Å². The van der Waals surface area contributed by atoms with Gasteiger partial charge in [-0.2, -0.15) is 0 Å². The Labute approximate surface area is 109 Å². The fraction of sp³-hybridized carbons (Fsp3) is 0.750. The van der Waals surface area contributed by atoms with E-state index in [9.17, 15) is 9.36 Å². The minimum atomic E-state index is -4.12. The minimum Gasteiger partial charge on any atom is -0.338 e. The molecule has 0 heterocycles. The van der Waals surface area contributed by atoms with Crippen LogP contribution in [0.3, 0.4) is 0 Å². The average molecular weight is 277 g/mol. The maximum Gasteiger partial charge on any atom is 0.327 e. The zero-order valence-electron chi connectivity index (χ0n) is 11.4. The third-order valence-electron chi connectivity index (χ3n) is 2.82. The third kappa shape index (κ3) is 6.94. The second-order valence-corrected chi connectivity index (χ2v) is 6.39. The molecule has 6 heteroatoms. The van der Waals surface area contributed by atoms with Crippen molar-refractivity contribution in [2.24, 2.45) is 0 Å². The number of likely N-dealkylation sites (N-methyl/N-ethyl adjacent to an activating group) is 1. The highest BCUT2D eigenvalue weighted by Crippen LogP contribution is 2.37. The van der Waals surface area contributed by atoms with Crippen LogP contribution in [0.2, 0.25) is 0 Å². The van der Waals surface area contributed by atoms with Crippen LogP contribution in [0, 0.1) is 0 Å². The van der Waals surface area contributed by atoms with Crippen LogP contribution < -0.4 is 0 Å². The molecule has 0 spiro atoms. The first-order valence-electron chi connectivity index (χ1n) is 6.16. The van der Waals surface area contributed by atoms with Crippen molar-refractivity contribution in [2.45, 2.75) is 45.6 Å². The van der Waals surface area contributed by atoms with E-state index in [-0.39, 0.29) is 12.1 Å². The van der Waals surface area contributed by atoms with Crippen molar-refractivity contribution in [3.8, 4) is 0 Å². The standard InChI is InChI=1S/C12H24NO4P/c1-5-6-7-8-11(9-18(15,16)17)13(4)12(14)10(2)3/h11H,2,5-9H2,1,3-4H3,(H2,15,16,17). The molecule has 0 aliphatic carbocycles. The molecule has 0 saturated carbocycles. The van der Waals surface area contributed by atoms with Gasteiger partial charge in [0, 0.05) is 18.7 Å². The first kappa shape index (κ1) is 17.4. The molecule has 1 atom stereocenters. The lowest BCUT2D eigenvalue weighted by molar-refractivity contribution is -0.127. The molecule has 0 aliphatic rings. The van der Waals surface area contributed by atoms with Crippen molar-refractivity contribution in [3.63, 3.8) is 0 Å². The molecule has 0 saturated heterocycles. The molecule has 0 aromatic carbocycles. The number of carbonyl (C=O) groups is 1. The molecule has 0 radical (unpaired) electrons. The van der Waals surface area contributed by atoms with E-state index in [0.29, 0.717) is 12.0 Å². The highest BCUT2D eigenvalue weighted by atomic mass is 31.2. The van der Waals surface area contributed by atoms with E-state index in [1.165, 1.54) is 4.90 Å². The number of hydrogen-bond donors (Lipinski definition) is 2. The predicted octanol–water partition coefficient (Wildman–Crippen LogP) is 2.15. The molecule has 0 bridgehead atoms. The van der Waals surface area contributed by atoms with Gasteiger partial charge in [0.05, 0.1) is 6.16 Å². The van der Waals surface area contributed by atoms with Crippen LogP contribution >= 0.6 is 7.60 Å². The van der Waals surface area contributed by atoms with Crippen LogP contribution in [0.15, 0.2) is 12.2 Å². The zero-order chi connectivity index (χ0) is 14.3. The molecule has 0 aromatic rings. The Morgan fingerprint density at radius 1 is 1.39 bits per heavy atom. The molecule has 0 rings (SSSR count). The molecule has 1 amide bonds. The number of hydrogen-bond acceptors (Lipinski definition) is 2. The Kier molecular flexibility index (Phi) is 7.45. The van der Waals surface area contributed by atoms with E-state index < -0.39 is 13.6 Å². The zero-order valence-corrected chi connectivity index (χ0v) is 12.3. The highest BCUT2D eigenvalue weighted by Gasteiger charge is 2.27. The van der Waals surface area contributed by atoms with Gasteiger partial charge in [-0.1, -0.05) is 32.8 Å². The predicted molar refractivity (Wildman–Crippen MR) is 72.4 cm³/mol. The van der Waals surface area contributed by atoms with Gasteiger partial charge in [-0.05, 0) is 13.3 Å². The van der Waals surface area contributed by atoms with E-state index >= 15 is 0 Å². The summed E-state index contributed by atoms with van der Waals surface area (Å²) in [4.78, 5) is 31.3. The van der Waals surface area contributed by atoms with Crippen molar-refractivity contribution in [1.29, 1.82) is 0 Å². The maximum absolute atomic E-state index is 11.8. The lowest BCUT2D eigenvalue weighted by atomic mass is 10.1. The van der Waals surface area contributed by atoms with Gasteiger partial charge in [-0.25, -0.2) is 0 Å². The molecular formula is C12H24NO4P. The van der Waals surface area contributed by atoms with Gasteiger partial charge < -0.3 is 14.7 Å². The number of carbonyl (C=O) groups excluding carboxylic acids is 1. The molecule has 2 N–H and O–H groups in total. The summed E-state index contributed by atoms with van der Waals surface area (Å²) in [6.07, 6.45) is 3.20. The van der Waals surface area contributed by atoms with Crippen LogP contribution in [-0.2, 0) is 9.36 Å². The quantitative estimate of drug-likeness (QED) is 0.405. The topological polar surface area (TPSA) is 77.8 Å². The lowest BCUT2D eigenvalue weighted by Crippen LogP contribution is -2.39. The van der Waals surface area contributed by atoms with E-state index in [4.69, 9.17) is 9.79 Å². The van der Waals surface area contributed by atoms with E-state index in [1.54, 1.807) is 14.0 Å². The summed E-state index contributed by atoms with van der Waals surface area (Å²) < 4.78 is 11.1. The Bertz CT molecular complexity index is 337. The molecule has 0 fully saturated rings. The van der Waals surface area contributed by atoms with Gasteiger partial charge in [0.25, 0.3) is 0 Å². The smallest absolute Gasteiger partial charge is 0.327 e. The second kappa shape index (κ2) is 7.72. The van der Waals surface area contributed by atoms with Gasteiger partial charge in [0.2, 0.25) is 5.91 Å². The van der Waals surface area contributed by atoms with Crippen LogP contribution in [0.4, 0.5) is 0 Å². The summed E-state index contributed by atoms with van der Waals surface area (Å²) in [6, 6.07) is -0.429. The molecule has 5 nitrogen and oxygen atoms in total. The van der Waals surface area contributed by atoms with Crippen molar-refractivity contribution < 1.29 is 19.1 Å². The number of rotatable bonds is 8. The maximum atomic E-state index is 11.8. The van der Waals surface area contributed by atoms with Crippen LogP contribution in [-0.4, -0.2) is 39.8 Å². The third-order valence-corrected chi connectivity index (χ3v) is 3.72. The summed E-state index contributed by atoms with van der Waals surface area (Å²) in [6.45, 7) is 7.22. The van der Waals surface area contributed by atoms with E-state index in [0.717, 1.165) is 19.3 Å². The number of amides is 1. The van der Waals surface area contributed by atoms with Crippen LogP contribution in [0.5, 0.6) is 0 Å². The Hall–Kier alpha value is -0.640. The lowest BCUT2D eigenvalue weighted by Gasteiger charge is -2.28. The molecule has 0 aliphatic heterocycles. The molecule has 18 heavy (non-hydrogen) atoms. The summed E-state index contributed by atoms with van der Waals surface area (Å²) in [7, 11) is -2.55. The van der Waals surface area contributed by atoms with Crippen molar-refractivity contribution in [2.75, 3.05) is 13.2 Å². The average Bonchev–Trinajstić information content (AvgIpc) is 2.24. The summed E-state index contributed by atoms with van der Waals surface area (Å²) >= 11 is 0. The van der Waals surface area contributed by atoms with Crippen molar-refractivity contribution in [1.82, 2.24) is 4.90 Å². The van der Waals surface area contributed by atoms with E-state index in [1.807, 2.05) is 0 Å². The normalized spacial score (nSPS) is 13.2. The minimum absolute atomic E-state index is 0.259. The number of nitrogens with zero attached hydrogens (tertiary/aromatic N) is 1. The first-order chi connectivity index (χ1) is 8.19. The molecule has 106 valence electrons. The Morgan fingerprint density at radius 2 is 1.94 bits per heavy atom. The second-order valence-electron chi connectivity index (χ2n) is 4.69. The first-order valence-corrected chi connectivity index (χ1v) is 7.96. The molecule has 1 unspecified atom stereocenters. The summed E-state index contributed by atoms with van der Waals surface area (Å²) in [5, 5.41) is 0. The van der Waals surface area contributed by atoms with Gasteiger partial charge >= 0.3 is 7.60 Å².